The van der Waals surface area contributed by atoms with Crippen molar-refractivity contribution in [2.45, 2.75) is 44.0 Å². The van der Waals surface area contributed by atoms with E-state index in [9.17, 15) is 8.42 Å². The lowest BCUT2D eigenvalue weighted by atomic mass is 10.3. The zero-order valence-corrected chi connectivity index (χ0v) is 14.9. The minimum absolute atomic E-state index is 0.0890. The SMILES string of the molecule is CCCNCc1csc(S(=O)(=O)N(CCOC)C(C)C)c1. The molecule has 0 bridgehead atoms. The molecule has 0 atom stereocenters. The van der Waals surface area contributed by atoms with Crippen molar-refractivity contribution in [3.63, 3.8) is 0 Å². The molecular weight excluding hydrogens is 308 g/mol. The highest BCUT2D eigenvalue weighted by molar-refractivity contribution is 7.91. The summed E-state index contributed by atoms with van der Waals surface area (Å²) in [7, 11) is -1.86. The maximum atomic E-state index is 12.7. The van der Waals surface area contributed by atoms with Crippen LogP contribution in [-0.4, -0.2) is 45.6 Å². The van der Waals surface area contributed by atoms with Gasteiger partial charge in [0.2, 0.25) is 0 Å². The first-order valence-corrected chi connectivity index (χ1v) is 9.54. The Kier molecular flexibility index (Phi) is 7.83. The Morgan fingerprint density at radius 3 is 2.71 bits per heavy atom. The van der Waals surface area contributed by atoms with Crippen molar-refractivity contribution in [3.05, 3.63) is 17.0 Å². The maximum Gasteiger partial charge on any atom is 0.252 e. The zero-order valence-electron chi connectivity index (χ0n) is 13.3. The molecule has 0 aliphatic rings. The van der Waals surface area contributed by atoms with Crippen molar-refractivity contribution in [1.82, 2.24) is 9.62 Å². The number of hydrogen-bond donors (Lipinski definition) is 1. The molecule has 7 heteroatoms. The van der Waals surface area contributed by atoms with Crippen molar-refractivity contribution < 1.29 is 13.2 Å². The highest BCUT2D eigenvalue weighted by Crippen LogP contribution is 2.25. The summed E-state index contributed by atoms with van der Waals surface area (Å²) in [5, 5.41) is 5.19. The standard InChI is InChI=1S/C14H26N2O3S2/c1-5-6-15-10-13-9-14(20-11-13)21(17,18)16(12(2)3)7-8-19-4/h9,11-12,15H,5-8,10H2,1-4H3. The van der Waals surface area contributed by atoms with E-state index in [0.717, 1.165) is 18.5 Å². The molecule has 1 aromatic rings. The Morgan fingerprint density at radius 1 is 1.43 bits per heavy atom. The van der Waals surface area contributed by atoms with Crippen molar-refractivity contribution in [2.75, 3.05) is 26.8 Å². The van der Waals surface area contributed by atoms with Crippen LogP contribution >= 0.6 is 11.3 Å². The van der Waals surface area contributed by atoms with Gasteiger partial charge >= 0.3 is 0 Å². The van der Waals surface area contributed by atoms with Crippen LogP contribution in [0, 0.1) is 0 Å². The van der Waals surface area contributed by atoms with E-state index in [0.29, 0.717) is 23.9 Å². The second-order valence-corrected chi connectivity index (χ2v) is 8.18. The summed E-state index contributed by atoms with van der Waals surface area (Å²) in [4.78, 5) is 0. The summed E-state index contributed by atoms with van der Waals surface area (Å²) in [5.41, 5.74) is 1.02. The van der Waals surface area contributed by atoms with Gasteiger partial charge in [0.1, 0.15) is 4.21 Å². The van der Waals surface area contributed by atoms with E-state index in [2.05, 4.69) is 12.2 Å². The van der Waals surface area contributed by atoms with Gasteiger partial charge in [0, 0.05) is 26.2 Å². The van der Waals surface area contributed by atoms with E-state index in [1.54, 1.807) is 13.2 Å². The van der Waals surface area contributed by atoms with Crippen LogP contribution in [0.25, 0.3) is 0 Å². The van der Waals surface area contributed by atoms with Gasteiger partial charge in [0.15, 0.2) is 0 Å². The van der Waals surface area contributed by atoms with Crippen LogP contribution in [0.2, 0.25) is 0 Å². The van der Waals surface area contributed by atoms with Gasteiger partial charge in [-0.15, -0.1) is 11.3 Å². The summed E-state index contributed by atoms with van der Waals surface area (Å²) in [6, 6.07) is 1.68. The fourth-order valence-corrected chi connectivity index (χ4v) is 4.90. The Labute approximate surface area is 132 Å². The second kappa shape index (κ2) is 8.85. The minimum Gasteiger partial charge on any atom is -0.383 e. The number of rotatable bonds is 10. The van der Waals surface area contributed by atoms with Crippen LogP contribution in [0.1, 0.15) is 32.8 Å². The molecule has 0 saturated carbocycles. The van der Waals surface area contributed by atoms with Crippen LogP contribution in [0.4, 0.5) is 0 Å². The first kappa shape index (κ1) is 18.6. The smallest absolute Gasteiger partial charge is 0.252 e. The predicted molar refractivity (Wildman–Crippen MR) is 87.2 cm³/mol. The first-order valence-electron chi connectivity index (χ1n) is 7.22. The van der Waals surface area contributed by atoms with Gasteiger partial charge < -0.3 is 10.1 Å². The summed E-state index contributed by atoms with van der Waals surface area (Å²) in [6.07, 6.45) is 1.06. The zero-order chi connectivity index (χ0) is 15.9. The van der Waals surface area contributed by atoms with Crippen molar-refractivity contribution in [2.24, 2.45) is 0 Å². The predicted octanol–water partition coefficient (Wildman–Crippen LogP) is 2.29. The van der Waals surface area contributed by atoms with E-state index >= 15 is 0 Å². The molecule has 0 unspecified atom stereocenters. The lowest BCUT2D eigenvalue weighted by molar-refractivity contribution is 0.171. The quantitative estimate of drug-likeness (QED) is 0.667. The molecule has 21 heavy (non-hydrogen) atoms. The third-order valence-electron chi connectivity index (χ3n) is 3.04. The largest absolute Gasteiger partial charge is 0.383 e. The van der Waals surface area contributed by atoms with Crippen LogP contribution in [0.15, 0.2) is 15.7 Å². The molecule has 0 amide bonds. The molecule has 1 rings (SSSR count). The molecule has 1 aromatic heterocycles. The summed E-state index contributed by atoms with van der Waals surface area (Å²) >= 11 is 1.28. The average Bonchev–Trinajstić information content (AvgIpc) is 2.88. The highest BCUT2D eigenvalue weighted by atomic mass is 32.2. The van der Waals surface area contributed by atoms with Gasteiger partial charge in [-0.3, -0.25) is 0 Å². The van der Waals surface area contributed by atoms with E-state index < -0.39 is 10.0 Å². The highest BCUT2D eigenvalue weighted by Gasteiger charge is 2.28. The Bertz CT molecular complexity index is 512. The van der Waals surface area contributed by atoms with E-state index in [4.69, 9.17) is 4.74 Å². The monoisotopic (exact) mass is 334 g/mol. The van der Waals surface area contributed by atoms with Gasteiger partial charge in [-0.2, -0.15) is 4.31 Å². The third kappa shape index (κ3) is 5.34. The van der Waals surface area contributed by atoms with Gasteiger partial charge in [0.05, 0.1) is 6.61 Å². The molecule has 0 aliphatic carbocycles. The summed E-state index contributed by atoms with van der Waals surface area (Å²) < 4.78 is 32.3. The van der Waals surface area contributed by atoms with Gasteiger partial charge in [-0.25, -0.2) is 8.42 Å². The fourth-order valence-electron chi connectivity index (χ4n) is 1.94. The van der Waals surface area contributed by atoms with E-state index in [-0.39, 0.29) is 6.04 Å². The molecule has 0 fully saturated rings. The molecule has 0 spiro atoms. The van der Waals surface area contributed by atoms with Crippen LogP contribution in [-0.2, 0) is 21.3 Å². The molecule has 0 radical (unpaired) electrons. The number of hydrogen-bond acceptors (Lipinski definition) is 5. The molecule has 5 nitrogen and oxygen atoms in total. The second-order valence-electron chi connectivity index (χ2n) is 5.15. The van der Waals surface area contributed by atoms with Crippen LogP contribution in [0.5, 0.6) is 0 Å². The molecular formula is C14H26N2O3S2. The van der Waals surface area contributed by atoms with Crippen molar-refractivity contribution >= 4 is 21.4 Å². The molecule has 0 saturated heterocycles. The maximum absolute atomic E-state index is 12.7. The fraction of sp³-hybridized carbons (Fsp3) is 0.714. The normalized spacial score (nSPS) is 12.5. The van der Waals surface area contributed by atoms with Gasteiger partial charge in [0.25, 0.3) is 10.0 Å². The van der Waals surface area contributed by atoms with Crippen LogP contribution < -0.4 is 5.32 Å². The van der Waals surface area contributed by atoms with E-state index in [1.807, 2.05) is 19.2 Å². The Morgan fingerprint density at radius 2 is 2.14 bits per heavy atom. The number of sulfonamides is 1. The number of nitrogens with one attached hydrogen (secondary N) is 1. The van der Waals surface area contributed by atoms with E-state index in [1.165, 1.54) is 15.6 Å². The molecule has 0 aromatic carbocycles. The first-order chi connectivity index (χ1) is 9.93. The summed E-state index contributed by atoms with van der Waals surface area (Å²) in [5.74, 6) is 0. The minimum atomic E-state index is -3.44. The lowest BCUT2D eigenvalue weighted by Gasteiger charge is -2.24. The lowest BCUT2D eigenvalue weighted by Crippen LogP contribution is -2.38. The van der Waals surface area contributed by atoms with Gasteiger partial charge in [-0.05, 0) is 43.8 Å². The number of nitrogens with zero attached hydrogens (tertiary/aromatic N) is 1. The number of thiophene rings is 1. The number of methoxy groups -OCH3 is 1. The molecule has 0 aliphatic heterocycles. The third-order valence-corrected chi connectivity index (χ3v) is 6.58. The van der Waals surface area contributed by atoms with Crippen molar-refractivity contribution in [1.29, 1.82) is 0 Å². The Hall–Kier alpha value is -0.470. The average molecular weight is 335 g/mol. The van der Waals surface area contributed by atoms with Crippen LogP contribution in [0.3, 0.4) is 0 Å². The van der Waals surface area contributed by atoms with Gasteiger partial charge in [-0.1, -0.05) is 6.92 Å². The van der Waals surface area contributed by atoms with Crippen molar-refractivity contribution in [3.8, 4) is 0 Å². The molecule has 1 heterocycles. The number of ether oxygens (including phenoxy) is 1. The summed E-state index contributed by atoms with van der Waals surface area (Å²) in [6.45, 7) is 8.27. The molecule has 1 N–H and O–H groups in total. The molecule has 122 valence electrons. The Balaban J connectivity index is 2.84. The topological polar surface area (TPSA) is 58.6 Å².